The number of carbonyl (C=O) groups is 1. The Labute approximate surface area is 142 Å². The maximum Gasteiger partial charge on any atom is 0.359 e. The number of hydrogen-bond acceptors (Lipinski definition) is 5. The molecule has 2 heterocycles. The van der Waals surface area contributed by atoms with Crippen molar-refractivity contribution in [2.75, 3.05) is 5.73 Å². The first-order valence-electron chi connectivity index (χ1n) is 7.16. The molecule has 0 saturated carbocycles. The molecule has 0 fully saturated rings. The fraction of sp³-hybridized carbons (Fsp3) is 0.533. The highest BCUT2D eigenvalue weighted by molar-refractivity contribution is 9.10. The van der Waals surface area contributed by atoms with Gasteiger partial charge in [-0.15, -0.1) is 0 Å². The first-order valence-corrected chi connectivity index (χ1v) is 7.96. The van der Waals surface area contributed by atoms with Crippen molar-refractivity contribution in [3.63, 3.8) is 0 Å². The largest absolute Gasteiger partial charge is 0.455 e. The molecule has 0 aliphatic heterocycles. The number of hydrogen-bond donors (Lipinski definition) is 2. The van der Waals surface area contributed by atoms with Crippen LogP contribution in [0.4, 0.5) is 5.69 Å². The molecule has 0 atom stereocenters. The van der Waals surface area contributed by atoms with E-state index in [1.807, 2.05) is 20.8 Å². The zero-order valence-electron chi connectivity index (χ0n) is 14.1. The van der Waals surface area contributed by atoms with Crippen LogP contribution in [-0.2, 0) is 10.2 Å². The highest BCUT2D eigenvalue weighted by Crippen LogP contribution is 2.31. The number of carbonyl (C=O) groups excluding carboxylic acids is 1. The Hall–Kier alpha value is -1.83. The van der Waals surface area contributed by atoms with E-state index >= 15 is 0 Å². The molecule has 2 aromatic heterocycles. The van der Waals surface area contributed by atoms with E-state index in [-0.39, 0.29) is 16.9 Å². The molecular formula is C15H21BrN4O3. The zero-order chi connectivity index (χ0) is 17.7. The molecule has 0 radical (unpaired) electrons. The maximum absolute atomic E-state index is 12.5. The molecule has 0 aromatic carbocycles. The molecule has 0 aliphatic carbocycles. The summed E-state index contributed by atoms with van der Waals surface area (Å²) in [6, 6.07) is 0. The molecule has 0 spiro atoms. The van der Waals surface area contributed by atoms with Crippen molar-refractivity contribution in [3.8, 4) is 0 Å². The smallest absolute Gasteiger partial charge is 0.359 e. The molecule has 0 saturated heterocycles. The Kier molecular flexibility index (Phi) is 4.09. The lowest BCUT2D eigenvalue weighted by Crippen LogP contribution is -2.30. The fourth-order valence-electron chi connectivity index (χ4n) is 2.08. The predicted molar refractivity (Wildman–Crippen MR) is 91.8 cm³/mol. The van der Waals surface area contributed by atoms with Crippen LogP contribution in [0.15, 0.2) is 9.27 Å². The van der Waals surface area contributed by atoms with Crippen molar-refractivity contribution in [2.24, 2.45) is 0 Å². The number of nitrogens with zero attached hydrogens (tertiary/aromatic N) is 2. The average Bonchev–Trinajstić information content (AvgIpc) is 2.58. The van der Waals surface area contributed by atoms with Gasteiger partial charge in [0.25, 0.3) is 5.56 Å². The van der Waals surface area contributed by atoms with E-state index in [4.69, 9.17) is 10.5 Å². The number of H-pyrrole nitrogens is 1. The van der Waals surface area contributed by atoms with Crippen molar-refractivity contribution >= 4 is 33.2 Å². The number of rotatable bonds is 1. The summed E-state index contributed by atoms with van der Waals surface area (Å²) in [6.07, 6.45) is 0. The Bertz CT molecular complexity index is 837. The van der Waals surface area contributed by atoms with E-state index in [9.17, 15) is 9.59 Å². The Morgan fingerprint density at radius 2 is 1.83 bits per heavy atom. The highest BCUT2D eigenvalue weighted by Gasteiger charge is 2.29. The number of ether oxygens (including phenoxy) is 1. The monoisotopic (exact) mass is 384 g/mol. The predicted octanol–water partition coefficient (Wildman–Crippen LogP) is 2.62. The summed E-state index contributed by atoms with van der Waals surface area (Å²) in [5.41, 5.74) is 5.42. The second kappa shape index (κ2) is 5.36. The molecule has 0 unspecified atom stereocenters. The lowest BCUT2D eigenvalue weighted by Gasteiger charge is -2.20. The number of aromatic amines is 1. The summed E-state index contributed by atoms with van der Waals surface area (Å²) in [6.45, 7) is 10.9. The van der Waals surface area contributed by atoms with Gasteiger partial charge in [0, 0.05) is 5.41 Å². The van der Waals surface area contributed by atoms with Crippen molar-refractivity contribution in [1.29, 1.82) is 0 Å². The van der Waals surface area contributed by atoms with Crippen molar-refractivity contribution in [3.05, 3.63) is 26.2 Å². The minimum atomic E-state index is -0.671. The van der Waals surface area contributed by atoms with Crippen molar-refractivity contribution in [1.82, 2.24) is 14.6 Å². The van der Waals surface area contributed by atoms with Crippen LogP contribution in [0.5, 0.6) is 0 Å². The van der Waals surface area contributed by atoms with Gasteiger partial charge in [-0.2, -0.15) is 5.10 Å². The van der Waals surface area contributed by atoms with Crippen LogP contribution in [0.25, 0.3) is 5.65 Å². The quantitative estimate of drug-likeness (QED) is 0.735. The molecule has 126 valence electrons. The van der Waals surface area contributed by atoms with Crippen molar-refractivity contribution in [2.45, 2.75) is 52.6 Å². The van der Waals surface area contributed by atoms with Gasteiger partial charge in [0.15, 0.2) is 11.3 Å². The minimum Gasteiger partial charge on any atom is -0.455 e. The molecule has 0 amide bonds. The van der Waals surface area contributed by atoms with Crippen molar-refractivity contribution < 1.29 is 9.53 Å². The molecule has 0 bridgehead atoms. The number of nitrogens with one attached hydrogen (secondary N) is 1. The van der Waals surface area contributed by atoms with Crippen LogP contribution in [-0.4, -0.2) is 26.2 Å². The van der Waals surface area contributed by atoms with Crippen LogP contribution in [0.2, 0.25) is 0 Å². The number of nitrogen functional groups attached to an aromatic ring is 1. The van der Waals surface area contributed by atoms with Gasteiger partial charge in [-0.05, 0) is 36.7 Å². The number of anilines is 1. The van der Waals surface area contributed by atoms with E-state index in [0.29, 0.717) is 15.8 Å². The van der Waals surface area contributed by atoms with Crippen LogP contribution >= 0.6 is 15.9 Å². The zero-order valence-corrected chi connectivity index (χ0v) is 15.7. The van der Waals surface area contributed by atoms with E-state index in [1.54, 1.807) is 20.8 Å². The first-order chi connectivity index (χ1) is 10.3. The molecule has 2 aromatic rings. The first kappa shape index (κ1) is 17.5. The second-order valence-corrected chi connectivity index (χ2v) is 8.18. The number of fused-ring (bicyclic) bond motifs is 1. The summed E-state index contributed by atoms with van der Waals surface area (Å²) in [5.74, 6) is -0.602. The van der Waals surface area contributed by atoms with Crippen LogP contribution < -0.4 is 11.3 Å². The van der Waals surface area contributed by atoms with Gasteiger partial charge in [0.2, 0.25) is 0 Å². The van der Waals surface area contributed by atoms with Gasteiger partial charge < -0.3 is 15.5 Å². The van der Waals surface area contributed by atoms with Gasteiger partial charge in [-0.25, -0.2) is 9.31 Å². The van der Waals surface area contributed by atoms with Gasteiger partial charge in [0.05, 0.1) is 10.2 Å². The normalized spacial score (nSPS) is 12.7. The topological polar surface area (TPSA) is 102 Å². The lowest BCUT2D eigenvalue weighted by atomic mass is 9.93. The number of aromatic nitrogens is 3. The maximum atomic E-state index is 12.5. The molecular weight excluding hydrogens is 364 g/mol. The summed E-state index contributed by atoms with van der Waals surface area (Å²) in [5, 5.41) is 4.34. The molecule has 7 nitrogen and oxygen atoms in total. The minimum absolute atomic E-state index is 0.0866. The van der Waals surface area contributed by atoms with E-state index in [0.717, 1.165) is 0 Å². The summed E-state index contributed by atoms with van der Waals surface area (Å²) >= 11 is 3.30. The Morgan fingerprint density at radius 3 is 2.30 bits per heavy atom. The SMILES string of the molecule is CC(C)(C)OC(=O)c1c(N)c(Br)c2[nH]c(=O)c(C(C)(C)C)nn12. The Balaban J connectivity index is 2.77. The van der Waals surface area contributed by atoms with Crippen LogP contribution in [0.3, 0.4) is 0 Å². The van der Waals surface area contributed by atoms with Gasteiger partial charge >= 0.3 is 5.97 Å². The third-order valence-corrected chi connectivity index (χ3v) is 3.88. The third kappa shape index (κ3) is 3.26. The standard InChI is InChI=1S/C15H21BrN4O3/c1-14(2,3)10-12(21)18-11-7(16)8(17)9(20(11)19-10)13(22)23-15(4,5)6/h17H2,1-6H3,(H,18,21). The van der Waals surface area contributed by atoms with Gasteiger partial charge in [0.1, 0.15) is 11.3 Å². The summed E-state index contributed by atoms with van der Waals surface area (Å²) in [7, 11) is 0. The molecule has 8 heteroatoms. The number of halogens is 1. The summed E-state index contributed by atoms with van der Waals surface area (Å²) in [4.78, 5) is 27.4. The average molecular weight is 385 g/mol. The van der Waals surface area contributed by atoms with Gasteiger partial charge in [-0.1, -0.05) is 20.8 Å². The van der Waals surface area contributed by atoms with E-state index in [2.05, 4.69) is 26.0 Å². The van der Waals surface area contributed by atoms with E-state index < -0.39 is 17.0 Å². The number of nitrogens with two attached hydrogens (primary N) is 1. The Morgan fingerprint density at radius 1 is 1.26 bits per heavy atom. The fourth-order valence-corrected chi connectivity index (χ4v) is 2.54. The molecule has 23 heavy (non-hydrogen) atoms. The summed E-state index contributed by atoms with van der Waals surface area (Å²) < 4.78 is 7.12. The lowest BCUT2D eigenvalue weighted by molar-refractivity contribution is 0.00615. The molecule has 2 rings (SSSR count). The third-order valence-electron chi connectivity index (χ3n) is 3.07. The van der Waals surface area contributed by atoms with Gasteiger partial charge in [-0.3, -0.25) is 4.79 Å². The van der Waals surface area contributed by atoms with Crippen LogP contribution in [0, 0.1) is 0 Å². The van der Waals surface area contributed by atoms with E-state index in [1.165, 1.54) is 4.52 Å². The van der Waals surface area contributed by atoms with Crippen LogP contribution in [0.1, 0.15) is 57.7 Å². The molecule has 0 aliphatic rings. The second-order valence-electron chi connectivity index (χ2n) is 7.39. The number of esters is 1. The molecule has 3 N–H and O–H groups in total. The highest BCUT2D eigenvalue weighted by atomic mass is 79.9.